The van der Waals surface area contributed by atoms with Gasteiger partial charge in [0, 0.05) is 35.8 Å². The predicted octanol–water partition coefficient (Wildman–Crippen LogP) is 4.01. The number of nitrogens with zero attached hydrogens (tertiary/aromatic N) is 2. The highest BCUT2D eigenvalue weighted by atomic mass is 15.1. The first kappa shape index (κ1) is 20.7. The summed E-state index contributed by atoms with van der Waals surface area (Å²) in [6.45, 7) is 9.51. The number of hydrogen-bond donors (Lipinski definition) is 3. The average molecular weight is 388 g/mol. The van der Waals surface area contributed by atoms with Gasteiger partial charge in [0.15, 0.2) is 0 Å². The fourth-order valence-corrected chi connectivity index (χ4v) is 3.39. The number of rotatable bonds is 7. The number of allylic oxidation sites excluding steroid dienone is 8. The number of nitrogens with one attached hydrogen (secondary N) is 1. The van der Waals surface area contributed by atoms with Crippen LogP contribution in [0.3, 0.4) is 0 Å². The molecule has 5 heteroatoms. The molecule has 5 N–H and O–H groups in total. The molecule has 5 nitrogen and oxygen atoms in total. The zero-order chi connectivity index (χ0) is 20.9. The minimum Gasteiger partial charge on any atom is -0.383 e. The Balaban J connectivity index is 2.10. The molecule has 0 bridgehead atoms. The summed E-state index contributed by atoms with van der Waals surface area (Å²) in [6, 6.07) is 3.96. The minimum absolute atomic E-state index is 0.143. The minimum atomic E-state index is -0.143. The quantitative estimate of drug-likeness (QED) is 0.625. The van der Waals surface area contributed by atoms with Crippen LogP contribution < -0.4 is 16.8 Å². The van der Waals surface area contributed by atoms with E-state index < -0.39 is 0 Å². The van der Waals surface area contributed by atoms with E-state index in [2.05, 4.69) is 47.3 Å². The molecule has 0 aliphatic carbocycles. The SMILES string of the molecule is C=C/C=C\C(=C/C)c1cc2c(N)nccc2nc1C(/C=C\CC1(N)CNC1)=C/C. The molecule has 0 unspecified atom stereocenters. The third-order valence-electron chi connectivity index (χ3n) is 5.17. The lowest BCUT2D eigenvalue weighted by Crippen LogP contribution is -2.65. The van der Waals surface area contributed by atoms with Crippen molar-refractivity contribution >= 4 is 27.9 Å². The van der Waals surface area contributed by atoms with Gasteiger partial charge in [-0.3, -0.25) is 0 Å². The molecule has 0 atom stereocenters. The molecular formula is C24H29N5. The average Bonchev–Trinajstić information content (AvgIpc) is 2.70. The van der Waals surface area contributed by atoms with E-state index in [1.54, 1.807) is 12.3 Å². The molecule has 1 fully saturated rings. The van der Waals surface area contributed by atoms with Gasteiger partial charge in [-0.05, 0) is 43.5 Å². The highest BCUT2D eigenvalue weighted by Gasteiger charge is 2.30. The molecule has 3 rings (SSSR count). The van der Waals surface area contributed by atoms with Crippen LogP contribution in [0.1, 0.15) is 31.5 Å². The monoisotopic (exact) mass is 387 g/mol. The van der Waals surface area contributed by atoms with E-state index in [1.807, 2.05) is 32.1 Å². The maximum atomic E-state index is 6.32. The van der Waals surface area contributed by atoms with Gasteiger partial charge in [0.2, 0.25) is 0 Å². The molecule has 1 aliphatic heterocycles. The molecule has 3 heterocycles. The lowest BCUT2D eigenvalue weighted by Gasteiger charge is -2.38. The van der Waals surface area contributed by atoms with Crippen LogP contribution in [0.4, 0.5) is 5.82 Å². The molecule has 1 saturated heterocycles. The first-order valence-corrected chi connectivity index (χ1v) is 9.85. The molecule has 2 aromatic heterocycles. The van der Waals surface area contributed by atoms with Crippen molar-refractivity contribution in [2.45, 2.75) is 25.8 Å². The summed E-state index contributed by atoms with van der Waals surface area (Å²) in [4.78, 5) is 9.17. The molecule has 150 valence electrons. The standard InChI is InChI=1S/C24H29N5/c1-4-7-9-17(5-2)19-14-20-21(11-13-28-23(20)25)29-22(19)18(6-3)10-8-12-24(26)15-27-16-24/h4-11,13-14,27H,1,12,15-16,26H2,2-3H3,(H2,25,28)/b9-7-,10-8-,17-5+,18-6+. The molecule has 0 spiro atoms. The van der Waals surface area contributed by atoms with Crippen LogP contribution in [-0.4, -0.2) is 28.6 Å². The van der Waals surface area contributed by atoms with Gasteiger partial charge < -0.3 is 16.8 Å². The van der Waals surface area contributed by atoms with E-state index in [9.17, 15) is 0 Å². The maximum Gasteiger partial charge on any atom is 0.132 e. The van der Waals surface area contributed by atoms with Gasteiger partial charge in [-0.2, -0.15) is 0 Å². The smallest absolute Gasteiger partial charge is 0.132 e. The Morgan fingerprint density at radius 1 is 1.24 bits per heavy atom. The number of aromatic nitrogens is 2. The van der Waals surface area contributed by atoms with Gasteiger partial charge in [-0.1, -0.05) is 49.1 Å². The number of anilines is 1. The summed E-state index contributed by atoms with van der Waals surface area (Å²) in [5, 5.41) is 4.08. The van der Waals surface area contributed by atoms with Crippen molar-refractivity contribution in [3.05, 3.63) is 78.7 Å². The molecule has 0 aromatic carbocycles. The first-order chi connectivity index (χ1) is 14.0. The second-order valence-corrected chi connectivity index (χ2v) is 7.30. The third-order valence-corrected chi connectivity index (χ3v) is 5.17. The summed E-state index contributed by atoms with van der Waals surface area (Å²) >= 11 is 0. The molecule has 29 heavy (non-hydrogen) atoms. The summed E-state index contributed by atoms with van der Waals surface area (Å²) in [5.41, 5.74) is 17.1. The third kappa shape index (κ3) is 4.53. The Morgan fingerprint density at radius 3 is 2.62 bits per heavy atom. The lowest BCUT2D eigenvalue weighted by molar-refractivity contribution is 0.284. The van der Waals surface area contributed by atoms with E-state index in [0.29, 0.717) is 5.82 Å². The number of fused-ring (bicyclic) bond motifs is 1. The van der Waals surface area contributed by atoms with Gasteiger partial charge in [-0.15, -0.1) is 0 Å². The number of nitrogen functional groups attached to an aromatic ring is 1. The molecule has 0 saturated carbocycles. The van der Waals surface area contributed by atoms with Gasteiger partial charge in [0.1, 0.15) is 5.82 Å². The van der Waals surface area contributed by atoms with Crippen molar-refractivity contribution in [2.75, 3.05) is 18.8 Å². The molecule has 2 aromatic rings. The van der Waals surface area contributed by atoms with Crippen molar-refractivity contribution in [3.63, 3.8) is 0 Å². The number of hydrogen-bond acceptors (Lipinski definition) is 5. The Labute approximate surface area is 172 Å². The molecule has 1 aliphatic rings. The normalized spacial score (nSPS) is 17.2. The van der Waals surface area contributed by atoms with Crippen LogP contribution in [-0.2, 0) is 0 Å². The van der Waals surface area contributed by atoms with Gasteiger partial charge in [0.05, 0.1) is 11.2 Å². The Morgan fingerprint density at radius 2 is 2.00 bits per heavy atom. The first-order valence-electron chi connectivity index (χ1n) is 9.85. The van der Waals surface area contributed by atoms with Gasteiger partial charge in [0.25, 0.3) is 0 Å². The summed E-state index contributed by atoms with van der Waals surface area (Å²) in [5.74, 6) is 0.478. The van der Waals surface area contributed by atoms with E-state index >= 15 is 0 Å². The molecular weight excluding hydrogens is 358 g/mol. The van der Waals surface area contributed by atoms with Crippen LogP contribution in [0.2, 0.25) is 0 Å². The van der Waals surface area contributed by atoms with Gasteiger partial charge >= 0.3 is 0 Å². The number of pyridine rings is 2. The van der Waals surface area contributed by atoms with E-state index in [1.165, 1.54) is 0 Å². The van der Waals surface area contributed by atoms with Gasteiger partial charge in [-0.25, -0.2) is 9.97 Å². The van der Waals surface area contributed by atoms with Crippen LogP contribution in [0, 0.1) is 0 Å². The highest BCUT2D eigenvalue weighted by Crippen LogP contribution is 2.31. The zero-order valence-corrected chi connectivity index (χ0v) is 17.2. The maximum absolute atomic E-state index is 6.32. The van der Waals surface area contributed by atoms with E-state index in [4.69, 9.17) is 16.5 Å². The van der Waals surface area contributed by atoms with Crippen molar-refractivity contribution < 1.29 is 0 Å². The Bertz CT molecular complexity index is 1020. The van der Waals surface area contributed by atoms with E-state index in [0.717, 1.165) is 52.8 Å². The van der Waals surface area contributed by atoms with Crippen LogP contribution in [0.15, 0.2) is 67.4 Å². The largest absolute Gasteiger partial charge is 0.383 e. The fourth-order valence-electron chi connectivity index (χ4n) is 3.39. The van der Waals surface area contributed by atoms with Crippen LogP contribution >= 0.6 is 0 Å². The van der Waals surface area contributed by atoms with Crippen LogP contribution in [0.25, 0.3) is 22.0 Å². The fraction of sp³-hybridized carbons (Fsp3) is 0.250. The summed E-state index contributed by atoms with van der Waals surface area (Å²) in [6.07, 6.45) is 16.6. The molecule has 0 radical (unpaired) electrons. The van der Waals surface area contributed by atoms with Crippen molar-refractivity contribution in [3.8, 4) is 0 Å². The zero-order valence-electron chi connectivity index (χ0n) is 17.2. The predicted molar refractivity (Wildman–Crippen MR) is 124 cm³/mol. The lowest BCUT2D eigenvalue weighted by atomic mass is 9.89. The second kappa shape index (κ2) is 8.99. The summed E-state index contributed by atoms with van der Waals surface area (Å²) < 4.78 is 0. The second-order valence-electron chi connectivity index (χ2n) is 7.30. The highest BCUT2D eigenvalue weighted by molar-refractivity contribution is 5.95. The van der Waals surface area contributed by atoms with Crippen molar-refractivity contribution in [1.29, 1.82) is 0 Å². The van der Waals surface area contributed by atoms with Crippen molar-refractivity contribution in [1.82, 2.24) is 15.3 Å². The summed E-state index contributed by atoms with van der Waals surface area (Å²) in [7, 11) is 0. The van der Waals surface area contributed by atoms with E-state index in [-0.39, 0.29) is 5.54 Å². The van der Waals surface area contributed by atoms with Crippen LogP contribution in [0.5, 0.6) is 0 Å². The Kier molecular flexibility index (Phi) is 6.42. The topological polar surface area (TPSA) is 89.8 Å². The Hall–Kier alpha value is -3.02. The number of nitrogens with two attached hydrogens (primary N) is 2. The van der Waals surface area contributed by atoms with Crippen molar-refractivity contribution in [2.24, 2.45) is 5.73 Å². The molecule has 0 amide bonds.